The first-order valence-corrected chi connectivity index (χ1v) is 8.44. The second kappa shape index (κ2) is 8.73. The number of nitrogens with zero attached hydrogens (tertiary/aromatic N) is 3. The standard InChI is InChI=1S/C17H34N4/c1-15(2)19-17(3,14-18)10-6-7-11-21(5)16-8-12-20(4)13-9-16/h15-16,19H,6-13H2,1-5H3. The lowest BCUT2D eigenvalue weighted by Crippen LogP contribution is -2.45. The Morgan fingerprint density at radius 2 is 1.95 bits per heavy atom. The highest BCUT2D eigenvalue weighted by Crippen LogP contribution is 2.17. The Morgan fingerprint density at radius 3 is 2.48 bits per heavy atom. The van der Waals surface area contributed by atoms with Crippen molar-refractivity contribution in [1.29, 1.82) is 5.26 Å². The monoisotopic (exact) mass is 294 g/mol. The molecule has 0 aromatic carbocycles. The van der Waals surface area contributed by atoms with E-state index in [1.807, 2.05) is 6.92 Å². The maximum Gasteiger partial charge on any atom is 0.104 e. The van der Waals surface area contributed by atoms with Gasteiger partial charge in [-0.1, -0.05) is 0 Å². The molecule has 4 nitrogen and oxygen atoms in total. The quantitative estimate of drug-likeness (QED) is 0.698. The third kappa shape index (κ3) is 6.78. The number of unbranched alkanes of at least 4 members (excludes halogenated alkanes) is 1. The molecule has 0 bridgehead atoms. The van der Waals surface area contributed by atoms with Crippen LogP contribution >= 0.6 is 0 Å². The van der Waals surface area contributed by atoms with Crippen LogP contribution in [0.4, 0.5) is 0 Å². The number of likely N-dealkylation sites (tertiary alicyclic amines) is 1. The number of nitrogens with one attached hydrogen (secondary N) is 1. The van der Waals surface area contributed by atoms with Gasteiger partial charge in [-0.2, -0.15) is 5.26 Å². The Labute approximate surface area is 131 Å². The van der Waals surface area contributed by atoms with Gasteiger partial charge in [0.1, 0.15) is 5.54 Å². The third-order valence-electron chi connectivity index (χ3n) is 4.60. The van der Waals surface area contributed by atoms with Gasteiger partial charge < -0.3 is 9.80 Å². The first-order chi connectivity index (χ1) is 9.86. The summed E-state index contributed by atoms with van der Waals surface area (Å²) < 4.78 is 0. The highest BCUT2D eigenvalue weighted by atomic mass is 15.2. The SMILES string of the molecule is CC(C)NC(C)(C#N)CCCCN(C)C1CCN(C)CC1. The minimum Gasteiger partial charge on any atom is -0.306 e. The first-order valence-electron chi connectivity index (χ1n) is 8.44. The van der Waals surface area contributed by atoms with Crippen molar-refractivity contribution in [2.24, 2.45) is 0 Å². The largest absolute Gasteiger partial charge is 0.306 e. The van der Waals surface area contributed by atoms with E-state index in [0.717, 1.165) is 25.4 Å². The number of hydrogen-bond acceptors (Lipinski definition) is 4. The average Bonchev–Trinajstić information content (AvgIpc) is 2.43. The van der Waals surface area contributed by atoms with E-state index in [1.165, 1.54) is 32.4 Å². The topological polar surface area (TPSA) is 42.3 Å². The lowest BCUT2D eigenvalue weighted by molar-refractivity contribution is 0.142. The molecule has 0 radical (unpaired) electrons. The van der Waals surface area contributed by atoms with Crippen LogP contribution in [0.15, 0.2) is 0 Å². The second-order valence-corrected chi connectivity index (χ2v) is 7.22. The molecule has 0 saturated carbocycles. The molecule has 0 amide bonds. The molecule has 1 saturated heterocycles. The first kappa shape index (κ1) is 18.4. The van der Waals surface area contributed by atoms with Gasteiger partial charge in [0.15, 0.2) is 0 Å². The Kier molecular flexibility index (Phi) is 7.65. The molecular weight excluding hydrogens is 260 g/mol. The molecular formula is C17H34N4. The molecule has 21 heavy (non-hydrogen) atoms. The second-order valence-electron chi connectivity index (χ2n) is 7.22. The molecule has 0 aliphatic carbocycles. The molecule has 0 aromatic rings. The van der Waals surface area contributed by atoms with Crippen LogP contribution in [0.1, 0.15) is 52.9 Å². The zero-order valence-electron chi connectivity index (χ0n) is 14.7. The van der Waals surface area contributed by atoms with Crippen LogP contribution in [-0.2, 0) is 0 Å². The summed E-state index contributed by atoms with van der Waals surface area (Å²) in [4.78, 5) is 4.94. The highest BCUT2D eigenvalue weighted by Gasteiger charge is 2.24. The molecule has 0 aromatic heterocycles. The molecule has 1 fully saturated rings. The van der Waals surface area contributed by atoms with E-state index >= 15 is 0 Å². The summed E-state index contributed by atoms with van der Waals surface area (Å²) in [7, 11) is 4.46. The van der Waals surface area contributed by atoms with Gasteiger partial charge in [-0.05, 0) is 86.6 Å². The molecule has 1 heterocycles. The van der Waals surface area contributed by atoms with Crippen LogP contribution < -0.4 is 5.32 Å². The summed E-state index contributed by atoms with van der Waals surface area (Å²) in [6.45, 7) is 9.82. The highest BCUT2D eigenvalue weighted by molar-refractivity contribution is 5.04. The molecule has 1 unspecified atom stereocenters. The van der Waals surface area contributed by atoms with Gasteiger partial charge in [0.25, 0.3) is 0 Å². The smallest absolute Gasteiger partial charge is 0.104 e. The third-order valence-corrected chi connectivity index (χ3v) is 4.60. The van der Waals surface area contributed by atoms with Crippen LogP contribution in [0, 0.1) is 11.3 Å². The van der Waals surface area contributed by atoms with E-state index < -0.39 is 0 Å². The molecule has 1 N–H and O–H groups in total. The van der Waals surface area contributed by atoms with Crippen molar-refractivity contribution in [3.05, 3.63) is 0 Å². The minimum atomic E-state index is -0.375. The number of hydrogen-bond donors (Lipinski definition) is 1. The number of nitriles is 1. The maximum atomic E-state index is 9.34. The molecule has 1 rings (SSSR count). The van der Waals surface area contributed by atoms with Crippen molar-refractivity contribution in [3.63, 3.8) is 0 Å². The zero-order chi connectivity index (χ0) is 15.9. The van der Waals surface area contributed by atoms with Crippen molar-refractivity contribution in [1.82, 2.24) is 15.1 Å². The van der Waals surface area contributed by atoms with E-state index in [0.29, 0.717) is 6.04 Å². The maximum absolute atomic E-state index is 9.34. The Morgan fingerprint density at radius 1 is 1.33 bits per heavy atom. The van der Waals surface area contributed by atoms with E-state index in [-0.39, 0.29) is 5.54 Å². The van der Waals surface area contributed by atoms with Crippen molar-refractivity contribution in [2.75, 3.05) is 33.7 Å². The van der Waals surface area contributed by atoms with Gasteiger partial charge >= 0.3 is 0 Å². The molecule has 1 aliphatic heterocycles. The lowest BCUT2D eigenvalue weighted by Gasteiger charge is -2.35. The summed E-state index contributed by atoms with van der Waals surface area (Å²) in [5.74, 6) is 0. The van der Waals surface area contributed by atoms with E-state index in [4.69, 9.17) is 0 Å². The predicted octanol–water partition coefficient (Wildman–Crippen LogP) is 2.46. The molecule has 4 heteroatoms. The Bertz CT molecular complexity index is 328. The van der Waals surface area contributed by atoms with Crippen LogP contribution in [0.5, 0.6) is 0 Å². The zero-order valence-corrected chi connectivity index (χ0v) is 14.7. The van der Waals surface area contributed by atoms with Gasteiger partial charge in [0.2, 0.25) is 0 Å². The van der Waals surface area contributed by atoms with Crippen LogP contribution in [0.25, 0.3) is 0 Å². The van der Waals surface area contributed by atoms with Gasteiger partial charge in [0, 0.05) is 12.1 Å². The average molecular weight is 294 g/mol. The van der Waals surface area contributed by atoms with E-state index in [2.05, 4.69) is 49.1 Å². The van der Waals surface area contributed by atoms with Crippen molar-refractivity contribution in [2.45, 2.75) is 70.5 Å². The summed E-state index contributed by atoms with van der Waals surface area (Å²) >= 11 is 0. The van der Waals surface area contributed by atoms with E-state index in [1.54, 1.807) is 0 Å². The van der Waals surface area contributed by atoms with Gasteiger partial charge in [-0.25, -0.2) is 0 Å². The van der Waals surface area contributed by atoms with Crippen molar-refractivity contribution in [3.8, 4) is 6.07 Å². The Hall–Kier alpha value is -0.630. The number of piperidine rings is 1. The normalized spacial score (nSPS) is 20.7. The molecule has 1 atom stereocenters. The fraction of sp³-hybridized carbons (Fsp3) is 0.941. The van der Waals surface area contributed by atoms with Gasteiger partial charge in [-0.3, -0.25) is 5.32 Å². The lowest BCUT2D eigenvalue weighted by atomic mass is 9.95. The van der Waals surface area contributed by atoms with Crippen molar-refractivity contribution >= 4 is 0 Å². The Balaban J connectivity index is 2.22. The van der Waals surface area contributed by atoms with Gasteiger partial charge in [0.05, 0.1) is 6.07 Å². The summed E-state index contributed by atoms with van der Waals surface area (Å²) in [5, 5.41) is 12.7. The van der Waals surface area contributed by atoms with Crippen LogP contribution in [0.3, 0.4) is 0 Å². The van der Waals surface area contributed by atoms with Crippen LogP contribution in [-0.4, -0.2) is 61.2 Å². The van der Waals surface area contributed by atoms with Gasteiger partial charge in [-0.15, -0.1) is 0 Å². The predicted molar refractivity (Wildman–Crippen MR) is 89.3 cm³/mol. The molecule has 1 aliphatic rings. The fourth-order valence-corrected chi connectivity index (χ4v) is 3.26. The van der Waals surface area contributed by atoms with E-state index in [9.17, 15) is 5.26 Å². The molecule has 122 valence electrons. The van der Waals surface area contributed by atoms with Crippen molar-refractivity contribution < 1.29 is 0 Å². The number of rotatable bonds is 8. The summed E-state index contributed by atoms with van der Waals surface area (Å²) in [6, 6.07) is 3.54. The van der Waals surface area contributed by atoms with Crippen LogP contribution in [0.2, 0.25) is 0 Å². The summed E-state index contributed by atoms with van der Waals surface area (Å²) in [6.07, 6.45) is 5.80. The minimum absolute atomic E-state index is 0.358. The summed E-state index contributed by atoms with van der Waals surface area (Å²) in [5.41, 5.74) is -0.375. The molecule has 0 spiro atoms. The fourth-order valence-electron chi connectivity index (χ4n) is 3.26.